The first-order chi connectivity index (χ1) is 16.6. The number of aromatic nitrogens is 5. The summed E-state index contributed by atoms with van der Waals surface area (Å²) in [6.07, 6.45) is 6.78. The summed E-state index contributed by atoms with van der Waals surface area (Å²) in [5.41, 5.74) is 2.43. The molecule has 4 heterocycles. The third-order valence-electron chi connectivity index (χ3n) is 7.52. The lowest BCUT2D eigenvalue weighted by Gasteiger charge is -2.34. The number of nitrogens with zero attached hydrogens (tertiary/aromatic N) is 6. The summed E-state index contributed by atoms with van der Waals surface area (Å²) in [7, 11) is 0. The normalized spacial score (nSPS) is 23.3. The van der Waals surface area contributed by atoms with Gasteiger partial charge in [0.1, 0.15) is 17.9 Å². The fourth-order valence-corrected chi connectivity index (χ4v) is 5.52. The summed E-state index contributed by atoms with van der Waals surface area (Å²) in [6, 6.07) is -1.34. The van der Waals surface area contributed by atoms with Crippen molar-refractivity contribution in [3.63, 3.8) is 0 Å². The zero-order valence-electron chi connectivity index (χ0n) is 21.2. The number of amides is 2. The van der Waals surface area contributed by atoms with Gasteiger partial charge in [-0.05, 0) is 38.0 Å². The summed E-state index contributed by atoms with van der Waals surface area (Å²) in [4.78, 5) is 33.4. The second kappa shape index (κ2) is 9.04. The van der Waals surface area contributed by atoms with E-state index in [1.165, 1.54) is 4.90 Å². The van der Waals surface area contributed by atoms with E-state index in [4.69, 9.17) is 0 Å². The van der Waals surface area contributed by atoms with Crippen molar-refractivity contribution in [1.82, 2.24) is 34.8 Å². The SMILES string of the molecule is Cc1nc2n(c1CNC(=O)[C@@H]1C[C@@H](O)CN1C(=O)[C@@H](n1cc(C3CC3)nn1)C(C)(C)C)CCCC2. The third-order valence-corrected chi connectivity index (χ3v) is 7.52. The lowest BCUT2D eigenvalue weighted by molar-refractivity contribution is -0.144. The van der Waals surface area contributed by atoms with Crippen LogP contribution in [0.1, 0.15) is 87.7 Å². The molecule has 10 heteroatoms. The van der Waals surface area contributed by atoms with E-state index in [1.54, 1.807) is 4.68 Å². The highest BCUT2D eigenvalue weighted by Crippen LogP contribution is 2.40. The Morgan fingerprint density at radius 3 is 2.74 bits per heavy atom. The Kier molecular flexibility index (Phi) is 6.19. The average Bonchev–Trinajstić information content (AvgIpc) is 3.26. The lowest BCUT2D eigenvalue weighted by Crippen LogP contribution is -2.50. The van der Waals surface area contributed by atoms with Crippen LogP contribution in [0, 0.1) is 12.3 Å². The Morgan fingerprint density at radius 2 is 2.03 bits per heavy atom. The Bertz CT molecular complexity index is 1110. The number of aliphatic hydroxyl groups excluding tert-OH is 1. The number of nitrogens with one attached hydrogen (secondary N) is 1. The van der Waals surface area contributed by atoms with Crippen LogP contribution < -0.4 is 5.32 Å². The van der Waals surface area contributed by atoms with Gasteiger partial charge in [0.05, 0.1) is 29.7 Å². The lowest BCUT2D eigenvalue weighted by atomic mass is 9.85. The molecule has 35 heavy (non-hydrogen) atoms. The Hall–Kier alpha value is -2.75. The maximum Gasteiger partial charge on any atom is 0.248 e. The standard InChI is InChI=1S/C25H37N7O3/c1-15-20(30-10-6-5-7-21(30)27-15)12-26-23(34)19-11-17(33)13-31(19)24(35)22(25(2,3)4)32-14-18(28-29-32)16-8-9-16/h14,16-17,19,22,33H,5-13H2,1-4H3,(H,26,34)/t17-,19+,22-/m1/s1. The number of likely N-dealkylation sites (tertiary alicyclic amines) is 1. The van der Waals surface area contributed by atoms with Crippen molar-refractivity contribution in [1.29, 1.82) is 0 Å². The number of carbonyl (C=O) groups is 2. The van der Waals surface area contributed by atoms with Gasteiger partial charge in [-0.1, -0.05) is 26.0 Å². The second-order valence-electron chi connectivity index (χ2n) is 11.4. The summed E-state index contributed by atoms with van der Waals surface area (Å²) >= 11 is 0. The molecule has 0 aromatic carbocycles. The molecule has 2 fully saturated rings. The molecule has 2 N–H and O–H groups in total. The molecule has 10 nitrogen and oxygen atoms in total. The minimum atomic E-state index is -0.738. The van der Waals surface area contributed by atoms with Crippen LogP contribution >= 0.6 is 0 Å². The minimum Gasteiger partial charge on any atom is -0.391 e. The third kappa shape index (κ3) is 4.72. The van der Waals surface area contributed by atoms with Crippen molar-refractivity contribution < 1.29 is 14.7 Å². The van der Waals surface area contributed by atoms with Crippen molar-refractivity contribution in [3.05, 3.63) is 29.1 Å². The molecule has 0 radical (unpaired) electrons. The fraction of sp³-hybridized carbons (Fsp3) is 0.720. The quantitative estimate of drug-likeness (QED) is 0.648. The Balaban J connectivity index is 1.33. The van der Waals surface area contributed by atoms with E-state index >= 15 is 0 Å². The van der Waals surface area contributed by atoms with Crippen LogP contribution in [0.25, 0.3) is 0 Å². The molecule has 3 atom stereocenters. The number of carbonyl (C=O) groups excluding carboxylic acids is 2. The van der Waals surface area contributed by atoms with Gasteiger partial charge in [0.15, 0.2) is 0 Å². The molecule has 1 saturated heterocycles. The van der Waals surface area contributed by atoms with Gasteiger partial charge >= 0.3 is 0 Å². The molecule has 190 valence electrons. The van der Waals surface area contributed by atoms with E-state index in [0.717, 1.165) is 61.6 Å². The van der Waals surface area contributed by atoms with Crippen molar-refractivity contribution in [2.24, 2.45) is 5.41 Å². The molecule has 0 unspecified atom stereocenters. The van der Waals surface area contributed by atoms with E-state index in [-0.39, 0.29) is 24.8 Å². The van der Waals surface area contributed by atoms with Gasteiger partial charge in [-0.2, -0.15) is 0 Å². The molecule has 5 rings (SSSR count). The minimum absolute atomic E-state index is 0.134. The summed E-state index contributed by atoms with van der Waals surface area (Å²) in [6.45, 7) is 9.35. The Labute approximate surface area is 206 Å². The highest BCUT2D eigenvalue weighted by molar-refractivity contribution is 5.90. The molecule has 2 amide bonds. The smallest absolute Gasteiger partial charge is 0.248 e. The van der Waals surface area contributed by atoms with E-state index in [0.29, 0.717) is 12.5 Å². The molecule has 3 aliphatic rings. The van der Waals surface area contributed by atoms with Gasteiger partial charge in [-0.15, -0.1) is 5.10 Å². The van der Waals surface area contributed by atoms with E-state index in [2.05, 4.69) is 25.2 Å². The Morgan fingerprint density at radius 1 is 1.26 bits per heavy atom. The predicted molar refractivity (Wildman–Crippen MR) is 128 cm³/mol. The van der Waals surface area contributed by atoms with Gasteiger partial charge in [0, 0.05) is 38.0 Å². The van der Waals surface area contributed by atoms with Gasteiger partial charge in [-0.3, -0.25) is 9.59 Å². The molecule has 2 aromatic rings. The summed E-state index contributed by atoms with van der Waals surface area (Å²) in [5, 5.41) is 22.1. The van der Waals surface area contributed by atoms with Gasteiger partial charge < -0.3 is 19.9 Å². The average molecular weight is 484 g/mol. The molecule has 1 aliphatic carbocycles. The van der Waals surface area contributed by atoms with Crippen molar-refractivity contribution in [2.45, 2.75) is 103 Å². The van der Waals surface area contributed by atoms with E-state index < -0.39 is 23.6 Å². The van der Waals surface area contributed by atoms with Crippen molar-refractivity contribution in [2.75, 3.05) is 6.54 Å². The van der Waals surface area contributed by atoms with Gasteiger partial charge in [0.2, 0.25) is 11.8 Å². The maximum atomic E-state index is 13.9. The van der Waals surface area contributed by atoms with Crippen LogP contribution in [-0.2, 0) is 29.1 Å². The first-order valence-electron chi connectivity index (χ1n) is 12.9. The van der Waals surface area contributed by atoms with Gasteiger partial charge in [0.25, 0.3) is 0 Å². The molecule has 2 aromatic heterocycles. The first-order valence-corrected chi connectivity index (χ1v) is 12.9. The molecule has 2 aliphatic heterocycles. The predicted octanol–water partition coefficient (Wildman–Crippen LogP) is 1.86. The summed E-state index contributed by atoms with van der Waals surface area (Å²) in [5.74, 6) is 1.06. The van der Waals surface area contributed by atoms with Crippen LogP contribution in [0.3, 0.4) is 0 Å². The number of β-amino-alcohol motifs (C(OH)–C–C–N with tert-alkyl or cyclic N) is 1. The number of hydrogen-bond acceptors (Lipinski definition) is 6. The van der Waals surface area contributed by atoms with Crippen LogP contribution in [0.4, 0.5) is 0 Å². The molecular weight excluding hydrogens is 446 g/mol. The van der Waals surface area contributed by atoms with Crippen molar-refractivity contribution >= 4 is 11.8 Å². The number of fused-ring (bicyclic) bond motifs is 1. The first kappa shape index (κ1) is 24.0. The molecule has 1 saturated carbocycles. The number of aryl methyl sites for hydroxylation is 2. The van der Waals surface area contributed by atoms with Crippen LogP contribution in [0.2, 0.25) is 0 Å². The molecule has 0 bridgehead atoms. The van der Waals surface area contributed by atoms with E-state index in [9.17, 15) is 14.7 Å². The second-order valence-corrected chi connectivity index (χ2v) is 11.4. The number of imidazole rings is 1. The fourth-order valence-electron chi connectivity index (χ4n) is 5.52. The van der Waals surface area contributed by atoms with Crippen LogP contribution in [-0.4, -0.2) is 65.1 Å². The molecular formula is C25H37N7O3. The maximum absolute atomic E-state index is 13.9. The largest absolute Gasteiger partial charge is 0.391 e. The van der Waals surface area contributed by atoms with Gasteiger partial charge in [-0.25, -0.2) is 9.67 Å². The topological polar surface area (TPSA) is 118 Å². The number of hydrogen-bond donors (Lipinski definition) is 2. The van der Waals surface area contributed by atoms with Crippen LogP contribution in [0.15, 0.2) is 6.20 Å². The highest BCUT2D eigenvalue weighted by atomic mass is 16.3. The summed E-state index contributed by atoms with van der Waals surface area (Å²) < 4.78 is 3.86. The highest BCUT2D eigenvalue weighted by Gasteiger charge is 2.45. The van der Waals surface area contributed by atoms with Crippen LogP contribution in [0.5, 0.6) is 0 Å². The number of rotatable bonds is 6. The number of aliphatic hydroxyl groups is 1. The van der Waals surface area contributed by atoms with Crippen molar-refractivity contribution in [3.8, 4) is 0 Å². The monoisotopic (exact) mass is 483 g/mol. The van der Waals surface area contributed by atoms with E-state index in [1.807, 2.05) is 33.9 Å². The zero-order chi connectivity index (χ0) is 24.9. The molecule has 0 spiro atoms. The zero-order valence-corrected chi connectivity index (χ0v) is 21.2.